The maximum Gasteiger partial charge on any atom is 0.306 e. The summed E-state index contributed by atoms with van der Waals surface area (Å²) in [6, 6.07) is 0. The van der Waals surface area contributed by atoms with E-state index in [1.165, 1.54) is 89.9 Å². The number of allylic oxidation sites excluding steroid dienone is 14. The molecule has 0 heterocycles. The van der Waals surface area contributed by atoms with Gasteiger partial charge in [0, 0.05) is 19.3 Å². The summed E-state index contributed by atoms with van der Waals surface area (Å²) in [6.07, 6.45) is 62.9. The molecule has 0 radical (unpaired) electrons. The highest BCUT2D eigenvalue weighted by Gasteiger charge is 2.19. The first-order valence-electron chi connectivity index (χ1n) is 25.1. The summed E-state index contributed by atoms with van der Waals surface area (Å²) in [4.78, 5) is 37.8. The Morgan fingerprint density at radius 2 is 0.639 bits per heavy atom. The molecule has 0 aliphatic rings. The van der Waals surface area contributed by atoms with E-state index in [0.717, 1.165) is 89.9 Å². The fourth-order valence-electron chi connectivity index (χ4n) is 6.52. The maximum atomic E-state index is 12.7. The number of hydrogen-bond donors (Lipinski definition) is 0. The summed E-state index contributed by atoms with van der Waals surface area (Å²) in [5, 5.41) is 0. The van der Waals surface area contributed by atoms with Gasteiger partial charge in [-0.3, -0.25) is 14.4 Å². The van der Waals surface area contributed by atoms with Gasteiger partial charge >= 0.3 is 17.9 Å². The number of hydrogen-bond acceptors (Lipinski definition) is 6. The zero-order valence-electron chi connectivity index (χ0n) is 39.7. The van der Waals surface area contributed by atoms with Crippen LogP contribution in [0.2, 0.25) is 0 Å². The summed E-state index contributed by atoms with van der Waals surface area (Å²) in [7, 11) is 0. The van der Waals surface area contributed by atoms with Crippen LogP contribution in [0.3, 0.4) is 0 Å². The van der Waals surface area contributed by atoms with Crippen molar-refractivity contribution in [3.05, 3.63) is 85.1 Å². The molecule has 348 valence electrons. The zero-order valence-corrected chi connectivity index (χ0v) is 39.7. The van der Waals surface area contributed by atoms with Crippen molar-refractivity contribution in [2.24, 2.45) is 0 Å². The third-order valence-corrected chi connectivity index (χ3v) is 10.4. The molecular weight excluding hydrogens is 757 g/mol. The van der Waals surface area contributed by atoms with Gasteiger partial charge in [-0.1, -0.05) is 189 Å². The SMILES string of the molecule is CCCC/C=C\CCCCCCCC(=O)O[C@H](COC(=O)CC/C=C\C/C=C\C/C=C\C/C=C\C/C=C\CCCCC)COC(=O)CCCCCCC/C=C\CCCCCC. The van der Waals surface area contributed by atoms with Crippen LogP contribution in [0.4, 0.5) is 0 Å². The average molecular weight is 849 g/mol. The standard InChI is InChI=1S/C55H92O6/c1-4-7-10-13-16-19-22-24-25-26-27-28-29-31-34-36-39-42-45-48-54(57)60-51-52(61-55(58)49-46-43-40-37-32-21-18-15-12-9-6-3)50-59-53(56)47-44-41-38-35-33-30-23-20-17-14-11-8-5-2/h15-16,18-20,23-25,27-28,31,34,39,42,52H,4-14,17,21-22,26,29-30,32-33,35-38,40-41,43-51H2,1-3H3/b18-15-,19-16-,23-20-,25-24-,28-27-,34-31-,42-39-/t52-/m0/s1. The van der Waals surface area contributed by atoms with Gasteiger partial charge in [-0.2, -0.15) is 0 Å². The van der Waals surface area contributed by atoms with Crippen LogP contribution in [-0.4, -0.2) is 37.2 Å². The molecule has 0 amide bonds. The van der Waals surface area contributed by atoms with Crippen LogP contribution in [0.5, 0.6) is 0 Å². The molecule has 0 aliphatic heterocycles. The molecule has 0 saturated heterocycles. The van der Waals surface area contributed by atoms with Crippen LogP contribution < -0.4 is 0 Å². The number of carbonyl (C=O) groups excluding carboxylic acids is 3. The molecule has 0 bridgehead atoms. The van der Waals surface area contributed by atoms with Crippen molar-refractivity contribution in [3.63, 3.8) is 0 Å². The minimum Gasteiger partial charge on any atom is -0.462 e. The second-order valence-electron chi connectivity index (χ2n) is 16.4. The van der Waals surface area contributed by atoms with Gasteiger partial charge < -0.3 is 14.2 Å². The smallest absolute Gasteiger partial charge is 0.306 e. The Labute approximate surface area is 375 Å². The maximum absolute atomic E-state index is 12.7. The Kier molecular flexibility index (Phi) is 46.5. The minimum atomic E-state index is -0.812. The molecule has 61 heavy (non-hydrogen) atoms. The molecule has 0 saturated carbocycles. The molecule has 0 rings (SSSR count). The van der Waals surface area contributed by atoms with Gasteiger partial charge in [0.25, 0.3) is 0 Å². The molecule has 1 atom stereocenters. The summed E-state index contributed by atoms with van der Waals surface area (Å²) < 4.78 is 16.7. The summed E-state index contributed by atoms with van der Waals surface area (Å²) in [5.41, 5.74) is 0. The van der Waals surface area contributed by atoms with E-state index in [-0.39, 0.29) is 37.5 Å². The van der Waals surface area contributed by atoms with Crippen molar-refractivity contribution >= 4 is 17.9 Å². The van der Waals surface area contributed by atoms with Crippen LogP contribution in [0.15, 0.2) is 85.1 Å². The molecule has 0 spiro atoms. The number of ether oxygens (including phenoxy) is 3. The van der Waals surface area contributed by atoms with Gasteiger partial charge in [-0.25, -0.2) is 0 Å². The normalized spacial score (nSPS) is 12.8. The van der Waals surface area contributed by atoms with Crippen molar-refractivity contribution in [1.29, 1.82) is 0 Å². The van der Waals surface area contributed by atoms with Crippen molar-refractivity contribution in [1.82, 2.24) is 0 Å². The average Bonchev–Trinajstić information content (AvgIpc) is 3.26. The Morgan fingerprint density at radius 1 is 0.328 bits per heavy atom. The lowest BCUT2D eigenvalue weighted by atomic mass is 10.1. The molecule has 0 aliphatic carbocycles. The Hall–Kier alpha value is -3.41. The van der Waals surface area contributed by atoms with Gasteiger partial charge in [-0.15, -0.1) is 0 Å². The number of esters is 3. The monoisotopic (exact) mass is 849 g/mol. The van der Waals surface area contributed by atoms with E-state index >= 15 is 0 Å². The lowest BCUT2D eigenvalue weighted by molar-refractivity contribution is -0.166. The van der Waals surface area contributed by atoms with E-state index in [1.54, 1.807) is 0 Å². The van der Waals surface area contributed by atoms with Gasteiger partial charge in [-0.05, 0) is 103 Å². The first kappa shape index (κ1) is 57.6. The topological polar surface area (TPSA) is 78.9 Å². The van der Waals surface area contributed by atoms with Gasteiger partial charge in [0.2, 0.25) is 0 Å². The number of carbonyl (C=O) groups is 3. The number of rotatable bonds is 44. The highest BCUT2D eigenvalue weighted by Crippen LogP contribution is 2.12. The Bertz CT molecular complexity index is 1200. The van der Waals surface area contributed by atoms with Crippen molar-refractivity contribution in [2.45, 2.75) is 232 Å². The van der Waals surface area contributed by atoms with Crippen LogP contribution in [0.25, 0.3) is 0 Å². The van der Waals surface area contributed by atoms with Crippen LogP contribution in [0.1, 0.15) is 226 Å². The zero-order chi connectivity index (χ0) is 44.4. The molecule has 0 aromatic heterocycles. The Balaban J connectivity index is 4.49. The molecule has 0 fully saturated rings. The van der Waals surface area contributed by atoms with Gasteiger partial charge in [0.05, 0.1) is 0 Å². The largest absolute Gasteiger partial charge is 0.462 e. The van der Waals surface area contributed by atoms with E-state index in [9.17, 15) is 14.4 Å². The van der Waals surface area contributed by atoms with Gasteiger partial charge in [0.15, 0.2) is 6.10 Å². The summed E-state index contributed by atoms with van der Waals surface area (Å²) in [5.74, 6) is -1.02. The lowest BCUT2D eigenvalue weighted by Gasteiger charge is -2.18. The van der Waals surface area contributed by atoms with Crippen molar-refractivity contribution in [3.8, 4) is 0 Å². The first-order valence-corrected chi connectivity index (χ1v) is 25.1. The molecule has 0 N–H and O–H groups in total. The fraction of sp³-hybridized carbons (Fsp3) is 0.691. The quantitative estimate of drug-likeness (QED) is 0.0263. The summed E-state index contributed by atoms with van der Waals surface area (Å²) in [6.45, 7) is 6.46. The highest BCUT2D eigenvalue weighted by molar-refractivity contribution is 5.71. The van der Waals surface area contributed by atoms with Crippen LogP contribution in [0, 0.1) is 0 Å². The van der Waals surface area contributed by atoms with E-state index < -0.39 is 6.10 Å². The molecular formula is C55H92O6. The highest BCUT2D eigenvalue weighted by atomic mass is 16.6. The second kappa shape index (κ2) is 49.2. The van der Waals surface area contributed by atoms with Gasteiger partial charge in [0.1, 0.15) is 13.2 Å². The molecule has 0 aromatic rings. The molecule has 0 aromatic carbocycles. The third kappa shape index (κ3) is 47.5. The predicted molar refractivity (Wildman–Crippen MR) is 261 cm³/mol. The summed E-state index contributed by atoms with van der Waals surface area (Å²) >= 11 is 0. The second-order valence-corrected chi connectivity index (χ2v) is 16.4. The fourth-order valence-corrected chi connectivity index (χ4v) is 6.52. The lowest BCUT2D eigenvalue weighted by Crippen LogP contribution is -2.30. The van der Waals surface area contributed by atoms with Crippen molar-refractivity contribution < 1.29 is 28.6 Å². The number of unbranched alkanes of at least 4 members (excludes halogenated alkanes) is 19. The van der Waals surface area contributed by atoms with Crippen LogP contribution in [-0.2, 0) is 28.6 Å². The predicted octanol–water partition coefficient (Wildman–Crippen LogP) is 16.4. The minimum absolute atomic E-state index is 0.108. The van der Waals surface area contributed by atoms with Crippen molar-refractivity contribution in [2.75, 3.05) is 13.2 Å². The Morgan fingerprint density at radius 3 is 1.11 bits per heavy atom. The van der Waals surface area contributed by atoms with Crippen LogP contribution >= 0.6 is 0 Å². The molecule has 6 heteroatoms. The van der Waals surface area contributed by atoms with E-state index in [4.69, 9.17) is 14.2 Å². The van der Waals surface area contributed by atoms with E-state index in [0.29, 0.717) is 19.3 Å². The van der Waals surface area contributed by atoms with E-state index in [1.807, 2.05) is 6.08 Å². The van der Waals surface area contributed by atoms with E-state index in [2.05, 4.69) is 99.8 Å². The molecule has 6 nitrogen and oxygen atoms in total. The molecule has 0 unspecified atom stereocenters. The first-order chi connectivity index (χ1) is 30.0. The third-order valence-electron chi connectivity index (χ3n) is 10.4.